The highest BCUT2D eigenvalue weighted by Crippen LogP contribution is 2.21. The van der Waals surface area contributed by atoms with Gasteiger partial charge in [-0.3, -0.25) is 4.79 Å². The highest BCUT2D eigenvalue weighted by atomic mass is 79.9. The molecule has 0 aliphatic heterocycles. The van der Waals surface area contributed by atoms with E-state index in [-0.39, 0.29) is 11.8 Å². The zero-order valence-corrected chi connectivity index (χ0v) is 12.1. The number of hydrogen-bond acceptors (Lipinski definition) is 3. The van der Waals surface area contributed by atoms with Crippen LogP contribution < -0.4 is 5.73 Å². The maximum atomic E-state index is 11.9. The molecule has 5 heteroatoms. The molecule has 0 aromatic carbocycles. The van der Waals surface area contributed by atoms with Gasteiger partial charge >= 0.3 is 0 Å². The minimum atomic E-state index is -0.409. The number of thiophene rings is 1. The minimum Gasteiger partial charge on any atom is -0.339 e. The van der Waals surface area contributed by atoms with Gasteiger partial charge in [0.15, 0.2) is 0 Å². The summed E-state index contributed by atoms with van der Waals surface area (Å²) in [5.74, 6) is 0.171. The van der Waals surface area contributed by atoms with Crippen LogP contribution in [0.4, 0.5) is 0 Å². The summed E-state index contributed by atoms with van der Waals surface area (Å²) < 4.78 is 1.06. The zero-order chi connectivity index (χ0) is 12.3. The monoisotopic (exact) mass is 304 g/mol. The molecule has 1 amide bonds. The van der Waals surface area contributed by atoms with Gasteiger partial charge in [-0.1, -0.05) is 13.8 Å². The first-order valence-corrected chi connectivity index (χ1v) is 6.82. The predicted octanol–water partition coefficient (Wildman–Crippen LogP) is 2.45. The van der Waals surface area contributed by atoms with E-state index in [1.54, 1.807) is 23.3 Å². The number of carbonyl (C=O) groups is 1. The molecular formula is C11H17BrN2OS. The van der Waals surface area contributed by atoms with Crippen LogP contribution in [-0.2, 0) is 11.3 Å². The van der Waals surface area contributed by atoms with E-state index in [1.165, 1.54) is 0 Å². The zero-order valence-electron chi connectivity index (χ0n) is 9.74. The molecule has 3 nitrogen and oxygen atoms in total. The average molecular weight is 305 g/mol. The van der Waals surface area contributed by atoms with Crippen LogP contribution in [0.15, 0.2) is 15.9 Å². The molecule has 1 aromatic heterocycles. The van der Waals surface area contributed by atoms with Gasteiger partial charge in [-0.15, -0.1) is 11.3 Å². The van der Waals surface area contributed by atoms with E-state index in [0.717, 1.165) is 9.35 Å². The van der Waals surface area contributed by atoms with E-state index in [2.05, 4.69) is 15.9 Å². The van der Waals surface area contributed by atoms with Gasteiger partial charge in [0.25, 0.3) is 0 Å². The quantitative estimate of drug-likeness (QED) is 0.929. The SMILES string of the molecule is CC(C)[C@@H](N)C(=O)N(C)Cc1cc(Br)cs1. The Morgan fingerprint density at radius 3 is 2.69 bits per heavy atom. The van der Waals surface area contributed by atoms with Crippen molar-refractivity contribution in [3.05, 3.63) is 20.8 Å². The van der Waals surface area contributed by atoms with E-state index in [4.69, 9.17) is 5.73 Å². The summed E-state index contributed by atoms with van der Waals surface area (Å²) in [7, 11) is 1.79. The van der Waals surface area contributed by atoms with Gasteiger partial charge in [0.1, 0.15) is 0 Å². The molecule has 90 valence electrons. The Kier molecular flexibility index (Phi) is 4.95. The largest absolute Gasteiger partial charge is 0.339 e. The van der Waals surface area contributed by atoms with Gasteiger partial charge in [-0.25, -0.2) is 0 Å². The van der Waals surface area contributed by atoms with Crippen LogP contribution in [0.5, 0.6) is 0 Å². The van der Waals surface area contributed by atoms with E-state index in [0.29, 0.717) is 6.54 Å². The number of likely N-dealkylation sites (N-methyl/N-ethyl adjacent to an activating group) is 1. The van der Waals surface area contributed by atoms with E-state index in [9.17, 15) is 4.79 Å². The van der Waals surface area contributed by atoms with Crippen LogP contribution in [0.3, 0.4) is 0 Å². The van der Waals surface area contributed by atoms with E-state index >= 15 is 0 Å². The third kappa shape index (κ3) is 3.57. The van der Waals surface area contributed by atoms with Crippen LogP contribution in [-0.4, -0.2) is 23.9 Å². The Hall–Kier alpha value is -0.390. The summed E-state index contributed by atoms with van der Waals surface area (Å²) in [4.78, 5) is 14.7. The predicted molar refractivity (Wildman–Crippen MR) is 71.3 cm³/mol. The van der Waals surface area contributed by atoms with Crippen LogP contribution in [0.1, 0.15) is 18.7 Å². The standard InChI is InChI=1S/C11H17BrN2OS/c1-7(2)10(13)11(15)14(3)5-9-4-8(12)6-16-9/h4,6-7,10H,5,13H2,1-3H3/t10-/m1/s1. The van der Waals surface area contributed by atoms with Crippen LogP contribution in [0, 0.1) is 5.92 Å². The van der Waals surface area contributed by atoms with Crippen molar-refractivity contribution in [1.82, 2.24) is 4.90 Å². The van der Waals surface area contributed by atoms with Gasteiger partial charge in [0, 0.05) is 21.8 Å². The summed E-state index contributed by atoms with van der Waals surface area (Å²) >= 11 is 5.03. The van der Waals surface area contributed by atoms with Crippen LogP contribution in [0.2, 0.25) is 0 Å². The maximum absolute atomic E-state index is 11.9. The van der Waals surface area contributed by atoms with Crippen molar-refractivity contribution in [3.63, 3.8) is 0 Å². The highest BCUT2D eigenvalue weighted by molar-refractivity contribution is 9.10. The molecule has 0 aliphatic rings. The lowest BCUT2D eigenvalue weighted by molar-refractivity contribution is -0.132. The lowest BCUT2D eigenvalue weighted by Gasteiger charge is -2.22. The number of hydrogen-bond donors (Lipinski definition) is 1. The summed E-state index contributed by atoms with van der Waals surface area (Å²) in [6, 6.07) is 1.61. The van der Waals surface area contributed by atoms with Gasteiger partial charge < -0.3 is 10.6 Å². The molecular weight excluding hydrogens is 288 g/mol. The molecule has 0 saturated carbocycles. The normalized spacial score (nSPS) is 12.9. The minimum absolute atomic E-state index is 0.000442. The van der Waals surface area contributed by atoms with Gasteiger partial charge in [0.2, 0.25) is 5.91 Å². The van der Waals surface area contributed by atoms with Crippen LogP contribution in [0.25, 0.3) is 0 Å². The molecule has 16 heavy (non-hydrogen) atoms. The molecule has 0 aliphatic carbocycles. The lowest BCUT2D eigenvalue weighted by atomic mass is 10.0. The first-order valence-electron chi connectivity index (χ1n) is 5.15. The Morgan fingerprint density at radius 2 is 2.25 bits per heavy atom. The second kappa shape index (κ2) is 5.80. The van der Waals surface area contributed by atoms with Gasteiger partial charge in [-0.05, 0) is 27.9 Å². The van der Waals surface area contributed by atoms with E-state index < -0.39 is 6.04 Å². The Labute approximate surface area is 109 Å². The second-order valence-corrected chi connectivity index (χ2v) is 6.11. The number of halogens is 1. The van der Waals surface area contributed by atoms with Gasteiger partial charge in [0.05, 0.1) is 12.6 Å². The summed E-state index contributed by atoms with van der Waals surface area (Å²) in [6.45, 7) is 4.53. The first-order chi connectivity index (χ1) is 7.41. The molecule has 1 rings (SSSR count). The maximum Gasteiger partial charge on any atom is 0.239 e. The third-order valence-corrected chi connectivity index (χ3v) is 4.08. The molecule has 0 spiro atoms. The number of rotatable bonds is 4. The molecule has 2 N–H and O–H groups in total. The van der Waals surface area contributed by atoms with Crippen molar-refractivity contribution in [2.75, 3.05) is 7.05 Å². The number of carbonyl (C=O) groups excluding carboxylic acids is 1. The first kappa shape index (κ1) is 13.7. The Morgan fingerprint density at radius 1 is 1.62 bits per heavy atom. The summed E-state index contributed by atoms with van der Waals surface area (Å²) in [6.07, 6.45) is 0. The molecule has 0 bridgehead atoms. The van der Waals surface area contributed by atoms with Crippen molar-refractivity contribution >= 4 is 33.2 Å². The molecule has 0 radical (unpaired) electrons. The fraction of sp³-hybridized carbons (Fsp3) is 0.545. The molecule has 1 aromatic rings. The molecule has 1 heterocycles. The smallest absolute Gasteiger partial charge is 0.239 e. The number of amides is 1. The van der Waals surface area contributed by atoms with E-state index in [1.807, 2.05) is 25.3 Å². The van der Waals surface area contributed by atoms with Crippen molar-refractivity contribution in [1.29, 1.82) is 0 Å². The van der Waals surface area contributed by atoms with Crippen molar-refractivity contribution in [3.8, 4) is 0 Å². The highest BCUT2D eigenvalue weighted by Gasteiger charge is 2.21. The molecule has 0 unspecified atom stereocenters. The molecule has 1 atom stereocenters. The third-order valence-electron chi connectivity index (χ3n) is 2.39. The van der Waals surface area contributed by atoms with Crippen molar-refractivity contribution in [2.24, 2.45) is 11.7 Å². The second-order valence-electron chi connectivity index (χ2n) is 4.20. The van der Waals surface area contributed by atoms with Gasteiger partial charge in [-0.2, -0.15) is 0 Å². The Bertz CT molecular complexity index is 365. The Balaban J connectivity index is 2.58. The fourth-order valence-electron chi connectivity index (χ4n) is 1.29. The molecule has 0 saturated heterocycles. The lowest BCUT2D eigenvalue weighted by Crippen LogP contribution is -2.44. The van der Waals surface area contributed by atoms with Crippen molar-refractivity contribution in [2.45, 2.75) is 26.4 Å². The fourth-order valence-corrected chi connectivity index (χ4v) is 2.79. The number of nitrogens with two attached hydrogens (primary N) is 1. The molecule has 0 fully saturated rings. The van der Waals surface area contributed by atoms with Crippen molar-refractivity contribution < 1.29 is 4.79 Å². The average Bonchev–Trinajstić information content (AvgIpc) is 2.61. The topological polar surface area (TPSA) is 46.3 Å². The summed E-state index contributed by atoms with van der Waals surface area (Å²) in [5, 5.41) is 2.01. The number of nitrogens with zero attached hydrogens (tertiary/aromatic N) is 1. The van der Waals surface area contributed by atoms with Crippen LogP contribution >= 0.6 is 27.3 Å². The summed E-state index contributed by atoms with van der Waals surface area (Å²) in [5.41, 5.74) is 5.82.